The lowest BCUT2D eigenvalue weighted by Gasteiger charge is -2.37. The molecular formula is C17H21N5O3. The van der Waals surface area contributed by atoms with E-state index in [9.17, 15) is 9.59 Å². The molecule has 2 aromatic rings. The molecule has 0 unspecified atom stereocenters. The number of amides is 2. The third-order valence-corrected chi connectivity index (χ3v) is 4.29. The zero-order valence-corrected chi connectivity index (χ0v) is 14.7. The summed E-state index contributed by atoms with van der Waals surface area (Å²) < 4.78 is 7.20. The van der Waals surface area contributed by atoms with Gasteiger partial charge in [0.25, 0.3) is 5.91 Å². The number of aryl methyl sites for hydroxylation is 3. The SMILES string of the molecule is Cc1ccc(NC(=O)[C@@H]2OCC(=O)N(C)[C@@H]2c2cnn(C)c2)c(C)n1. The molecule has 0 radical (unpaired) electrons. The molecule has 1 N–H and O–H groups in total. The minimum Gasteiger partial charge on any atom is -0.356 e. The number of carbonyl (C=O) groups excluding carboxylic acids is 2. The van der Waals surface area contributed by atoms with Gasteiger partial charge in [-0.2, -0.15) is 5.10 Å². The molecule has 2 atom stereocenters. The zero-order valence-electron chi connectivity index (χ0n) is 14.7. The number of nitrogens with one attached hydrogen (secondary N) is 1. The molecular weight excluding hydrogens is 322 g/mol. The van der Waals surface area contributed by atoms with Crippen molar-refractivity contribution in [2.24, 2.45) is 7.05 Å². The predicted molar refractivity (Wildman–Crippen MR) is 90.8 cm³/mol. The Morgan fingerprint density at radius 1 is 1.32 bits per heavy atom. The van der Waals surface area contributed by atoms with Gasteiger partial charge in [-0.15, -0.1) is 0 Å². The van der Waals surface area contributed by atoms with Crippen LogP contribution in [0.2, 0.25) is 0 Å². The first-order valence-electron chi connectivity index (χ1n) is 7.97. The van der Waals surface area contributed by atoms with Gasteiger partial charge in [-0.1, -0.05) is 0 Å². The largest absolute Gasteiger partial charge is 0.356 e. The van der Waals surface area contributed by atoms with Crippen LogP contribution in [0.1, 0.15) is 23.0 Å². The highest BCUT2D eigenvalue weighted by molar-refractivity contribution is 5.96. The first-order chi connectivity index (χ1) is 11.9. The van der Waals surface area contributed by atoms with Gasteiger partial charge in [0, 0.05) is 31.5 Å². The second-order valence-corrected chi connectivity index (χ2v) is 6.20. The highest BCUT2D eigenvalue weighted by Crippen LogP contribution is 2.29. The summed E-state index contributed by atoms with van der Waals surface area (Å²) in [6.07, 6.45) is 2.59. The molecule has 2 aromatic heterocycles. The van der Waals surface area contributed by atoms with E-state index in [2.05, 4.69) is 15.4 Å². The van der Waals surface area contributed by atoms with E-state index in [0.29, 0.717) is 5.69 Å². The van der Waals surface area contributed by atoms with Crippen molar-refractivity contribution in [3.05, 3.63) is 41.5 Å². The maximum absolute atomic E-state index is 12.8. The van der Waals surface area contributed by atoms with Crippen molar-refractivity contribution in [1.82, 2.24) is 19.7 Å². The lowest BCUT2D eigenvalue weighted by Crippen LogP contribution is -2.51. The summed E-state index contributed by atoms with van der Waals surface area (Å²) in [6.45, 7) is 3.59. The average molecular weight is 343 g/mol. The number of morpholine rings is 1. The zero-order chi connectivity index (χ0) is 18.1. The standard InChI is InChI=1S/C17H21N5O3/c1-10-5-6-13(11(2)19-10)20-17(24)16-15(12-7-18-21(3)8-12)22(4)14(23)9-25-16/h5-8,15-16H,9H2,1-4H3,(H,20,24)/t15-,16-/m1/s1. The van der Waals surface area contributed by atoms with Crippen LogP contribution in [-0.4, -0.2) is 51.2 Å². The lowest BCUT2D eigenvalue weighted by molar-refractivity contribution is -0.160. The molecule has 1 aliphatic heterocycles. The van der Waals surface area contributed by atoms with Crippen molar-refractivity contribution in [2.45, 2.75) is 26.0 Å². The third kappa shape index (κ3) is 3.39. The molecule has 1 saturated heterocycles. The molecule has 3 rings (SSSR count). The van der Waals surface area contributed by atoms with Crippen molar-refractivity contribution >= 4 is 17.5 Å². The Morgan fingerprint density at radius 2 is 2.08 bits per heavy atom. The van der Waals surface area contributed by atoms with Crippen LogP contribution in [-0.2, 0) is 21.4 Å². The number of pyridine rings is 1. The number of ether oxygens (including phenoxy) is 1. The number of rotatable bonds is 3. The summed E-state index contributed by atoms with van der Waals surface area (Å²) in [5.41, 5.74) is 2.98. The molecule has 0 aromatic carbocycles. The average Bonchev–Trinajstić information content (AvgIpc) is 2.98. The van der Waals surface area contributed by atoms with E-state index in [1.165, 1.54) is 4.90 Å². The van der Waals surface area contributed by atoms with Gasteiger partial charge >= 0.3 is 0 Å². The van der Waals surface area contributed by atoms with E-state index in [4.69, 9.17) is 4.74 Å². The maximum Gasteiger partial charge on any atom is 0.256 e. The lowest BCUT2D eigenvalue weighted by atomic mass is 10.0. The highest BCUT2D eigenvalue weighted by atomic mass is 16.5. The van der Waals surface area contributed by atoms with Crippen molar-refractivity contribution in [3.8, 4) is 0 Å². The molecule has 132 valence electrons. The number of anilines is 1. The van der Waals surface area contributed by atoms with E-state index < -0.39 is 12.1 Å². The molecule has 1 fully saturated rings. The van der Waals surface area contributed by atoms with Crippen LogP contribution in [0.4, 0.5) is 5.69 Å². The van der Waals surface area contributed by atoms with E-state index in [1.807, 2.05) is 26.0 Å². The smallest absolute Gasteiger partial charge is 0.256 e. The Bertz CT molecular complexity index is 816. The fourth-order valence-corrected chi connectivity index (χ4v) is 2.95. The summed E-state index contributed by atoms with van der Waals surface area (Å²) >= 11 is 0. The van der Waals surface area contributed by atoms with Gasteiger partial charge in [0.15, 0.2) is 6.10 Å². The number of carbonyl (C=O) groups is 2. The van der Waals surface area contributed by atoms with Gasteiger partial charge in [0.2, 0.25) is 5.91 Å². The fraction of sp³-hybridized carbons (Fsp3) is 0.412. The molecule has 2 amide bonds. The molecule has 8 heteroatoms. The fourth-order valence-electron chi connectivity index (χ4n) is 2.95. The van der Waals surface area contributed by atoms with Crippen molar-refractivity contribution in [2.75, 3.05) is 19.0 Å². The van der Waals surface area contributed by atoms with Gasteiger partial charge < -0.3 is 15.0 Å². The molecule has 8 nitrogen and oxygen atoms in total. The summed E-state index contributed by atoms with van der Waals surface area (Å²) in [6, 6.07) is 3.11. The number of likely N-dealkylation sites (N-methyl/N-ethyl adjacent to an activating group) is 1. The third-order valence-electron chi connectivity index (χ3n) is 4.29. The van der Waals surface area contributed by atoms with Crippen LogP contribution < -0.4 is 5.32 Å². The van der Waals surface area contributed by atoms with Gasteiger partial charge in [-0.3, -0.25) is 19.3 Å². The predicted octanol–water partition coefficient (Wildman–Crippen LogP) is 0.969. The summed E-state index contributed by atoms with van der Waals surface area (Å²) in [5, 5.41) is 6.99. The Labute approximate surface area is 145 Å². The van der Waals surface area contributed by atoms with E-state index >= 15 is 0 Å². The summed E-state index contributed by atoms with van der Waals surface area (Å²) in [7, 11) is 3.45. The number of nitrogens with zero attached hydrogens (tertiary/aromatic N) is 4. The first kappa shape index (κ1) is 17.1. The normalized spacial score (nSPS) is 20.6. The summed E-state index contributed by atoms with van der Waals surface area (Å²) in [5.74, 6) is -0.493. The van der Waals surface area contributed by atoms with Crippen LogP contribution in [0.5, 0.6) is 0 Å². The van der Waals surface area contributed by atoms with Gasteiger partial charge in [0.1, 0.15) is 6.61 Å². The Balaban J connectivity index is 1.87. The molecule has 0 spiro atoms. The van der Waals surface area contributed by atoms with Gasteiger partial charge in [-0.25, -0.2) is 0 Å². The molecule has 0 aliphatic carbocycles. The number of hydrogen-bond donors (Lipinski definition) is 1. The first-order valence-corrected chi connectivity index (χ1v) is 7.97. The second kappa shape index (κ2) is 6.64. The molecule has 1 aliphatic rings. The molecule has 25 heavy (non-hydrogen) atoms. The van der Waals surface area contributed by atoms with Gasteiger partial charge in [-0.05, 0) is 26.0 Å². The van der Waals surface area contributed by atoms with Crippen LogP contribution in [0.3, 0.4) is 0 Å². The van der Waals surface area contributed by atoms with Crippen LogP contribution in [0.15, 0.2) is 24.5 Å². The summed E-state index contributed by atoms with van der Waals surface area (Å²) in [4.78, 5) is 30.7. The molecule has 0 bridgehead atoms. The molecule has 0 saturated carbocycles. The van der Waals surface area contributed by atoms with E-state index in [0.717, 1.165) is 17.0 Å². The Hall–Kier alpha value is -2.74. The number of hydrogen-bond acceptors (Lipinski definition) is 5. The van der Waals surface area contributed by atoms with Crippen LogP contribution in [0, 0.1) is 13.8 Å². The highest BCUT2D eigenvalue weighted by Gasteiger charge is 2.40. The molecule has 3 heterocycles. The Morgan fingerprint density at radius 3 is 2.72 bits per heavy atom. The minimum absolute atomic E-state index is 0.128. The van der Waals surface area contributed by atoms with E-state index in [1.54, 1.807) is 31.2 Å². The topological polar surface area (TPSA) is 89.4 Å². The maximum atomic E-state index is 12.8. The van der Waals surface area contributed by atoms with Crippen LogP contribution in [0.25, 0.3) is 0 Å². The van der Waals surface area contributed by atoms with Gasteiger partial charge in [0.05, 0.1) is 23.6 Å². The van der Waals surface area contributed by atoms with E-state index in [-0.39, 0.29) is 18.4 Å². The second-order valence-electron chi connectivity index (χ2n) is 6.20. The quantitative estimate of drug-likeness (QED) is 0.897. The van der Waals surface area contributed by atoms with Crippen molar-refractivity contribution in [1.29, 1.82) is 0 Å². The Kier molecular flexibility index (Phi) is 4.54. The minimum atomic E-state index is -0.826. The van der Waals surface area contributed by atoms with Crippen molar-refractivity contribution < 1.29 is 14.3 Å². The monoisotopic (exact) mass is 343 g/mol. The van der Waals surface area contributed by atoms with Crippen LogP contribution >= 0.6 is 0 Å². The van der Waals surface area contributed by atoms with Crippen molar-refractivity contribution in [3.63, 3.8) is 0 Å². The number of aromatic nitrogens is 3.